The lowest BCUT2D eigenvalue weighted by atomic mass is 10.1. The number of rotatable bonds is 4. The molecule has 1 atom stereocenters. The Labute approximate surface area is 104 Å². The maximum absolute atomic E-state index is 11.6. The molecule has 1 aromatic heterocycles. The Bertz CT molecular complexity index is 477. The highest BCUT2D eigenvalue weighted by Crippen LogP contribution is 2.12. The van der Waals surface area contributed by atoms with Gasteiger partial charge >= 0.3 is 5.97 Å². The average molecular weight is 252 g/mol. The van der Waals surface area contributed by atoms with Gasteiger partial charge in [-0.3, -0.25) is 9.59 Å². The van der Waals surface area contributed by atoms with Crippen molar-refractivity contribution in [3.63, 3.8) is 0 Å². The van der Waals surface area contributed by atoms with E-state index in [0.717, 1.165) is 13.0 Å². The zero-order chi connectivity index (χ0) is 13.0. The molecule has 6 heteroatoms. The van der Waals surface area contributed by atoms with Crippen LogP contribution in [0.1, 0.15) is 6.42 Å². The van der Waals surface area contributed by atoms with E-state index in [1.54, 1.807) is 0 Å². The number of aromatic nitrogens is 1. The number of ether oxygens (including phenoxy) is 2. The van der Waals surface area contributed by atoms with Gasteiger partial charge in [0, 0.05) is 30.5 Å². The first-order valence-electron chi connectivity index (χ1n) is 5.84. The molecule has 2 rings (SSSR count). The minimum atomic E-state index is -0.436. The van der Waals surface area contributed by atoms with Crippen molar-refractivity contribution in [2.75, 3.05) is 25.6 Å². The Balaban J connectivity index is 1.86. The van der Waals surface area contributed by atoms with E-state index in [-0.39, 0.29) is 18.0 Å². The van der Waals surface area contributed by atoms with E-state index in [4.69, 9.17) is 15.2 Å². The number of hydrogen-bond donors (Lipinski definition) is 1. The van der Waals surface area contributed by atoms with Crippen LogP contribution in [0.4, 0.5) is 5.69 Å². The van der Waals surface area contributed by atoms with Gasteiger partial charge in [-0.05, 0) is 12.5 Å². The zero-order valence-electron chi connectivity index (χ0n) is 10.0. The second-order valence-corrected chi connectivity index (χ2v) is 4.34. The van der Waals surface area contributed by atoms with E-state index in [0.29, 0.717) is 18.9 Å². The minimum Gasteiger partial charge on any atom is -0.464 e. The molecule has 1 fully saturated rings. The molecule has 2 N–H and O–H groups in total. The third-order valence-corrected chi connectivity index (χ3v) is 2.81. The third kappa shape index (κ3) is 3.33. The van der Waals surface area contributed by atoms with E-state index in [1.165, 1.54) is 22.9 Å². The molecular weight excluding hydrogens is 236 g/mol. The number of esters is 1. The summed E-state index contributed by atoms with van der Waals surface area (Å²) in [5, 5.41) is 0. The first kappa shape index (κ1) is 12.6. The molecule has 6 nitrogen and oxygen atoms in total. The molecule has 18 heavy (non-hydrogen) atoms. The molecule has 0 aromatic carbocycles. The lowest BCUT2D eigenvalue weighted by Crippen LogP contribution is -2.25. The molecule has 2 heterocycles. The molecule has 1 saturated heterocycles. The van der Waals surface area contributed by atoms with Crippen LogP contribution < -0.4 is 11.3 Å². The molecule has 0 radical (unpaired) electrons. The van der Waals surface area contributed by atoms with E-state index in [2.05, 4.69) is 0 Å². The number of anilines is 1. The highest BCUT2D eigenvalue weighted by molar-refractivity contribution is 5.69. The van der Waals surface area contributed by atoms with Gasteiger partial charge in [0.05, 0.1) is 13.2 Å². The summed E-state index contributed by atoms with van der Waals surface area (Å²) in [6, 6.07) is 2.83. The van der Waals surface area contributed by atoms with Crippen LogP contribution in [0.2, 0.25) is 0 Å². The van der Waals surface area contributed by atoms with Crippen LogP contribution in [0.3, 0.4) is 0 Å². The Morgan fingerprint density at radius 2 is 2.39 bits per heavy atom. The van der Waals surface area contributed by atoms with E-state index < -0.39 is 5.97 Å². The summed E-state index contributed by atoms with van der Waals surface area (Å²) in [6.45, 7) is 1.58. The summed E-state index contributed by atoms with van der Waals surface area (Å²) in [6.07, 6.45) is 2.34. The fraction of sp³-hybridized carbons (Fsp3) is 0.500. The fourth-order valence-electron chi connectivity index (χ4n) is 1.78. The highest BCUT2D eigenvalue weighted by atomic mass is 16.5. The molecule has 98 valence electrons. The van der Waals surface area contributed by atoms with Gasteiger partial charge in [-0.2, -0.15) is 0 Å². The van der Waals surface area contributed by atoms with Crippen molar-refractivity contribution in [2.45, 2.75) is 13.0 Å². The molecular formula is C12H16N2O4. The quantitative estimate of drug-likeness (QED) is 0.763. The number of nitrogen functional groups attached to an aromatic ring is 1. The number of hydrogen-bond acceptors (Lipinski definition) is 5. The van der Waals surface area contributed by atoms with Crippen LogP contribution in [-0.2, 0) is 20.8 Å². The first-order valence-corrected chi connectivity index (χ1v) is 5.84. The fourth-order valence-corrected chi connectivity index (χ4v) is 1.78. The van der Waals surface area contributed by atoms with Crippen LogP contribution in [0.5, 0.6) is 0 Å². The zero-order valence-corrected chi connectivity index (χ0v) is 10.0. The summed E-state index contributed by atoms with van der Waals surface area (Å²) >= 11 is 0. The van der Waals surface area contributed by atoms with Crippen LogP contribution in [0, 0.1) is 5.92 Å². The number of pyridine rings is 1. The summed E-state index contributed by atoms with van der Waals surface area (Å²) in [4.78, 5) is 23.0. The Hall–Kier alpha value is -1.82. The van der Waals surface area contributed by atoms with Crippen molar-refractivity contribution in [2.24, 2.45) is 5.92 Å². The van der Waals surface area contributed by atoms with Gasteiger partial charge in [-0.15, -0.1) is 0 Å². The number of carbonyl (C=O) groups excluding carboxylic acids is 1. The van der Waals surface area contributed by atoms with Gasteiger partial charge in [-0.25, -0.2) is 0 Å². The molecule has 0 spiro atoms. The van der Waals surface area contributed by atoms with Crippen molar-refractivity contribution in [1.82, 2.24) is 4.57 Å². The summed E-state index contributed by atoms with van der Waals surface area (Å²) in [7, 11) is 0. The lowest BCUT2D eigenvalue weighted by Gasteiger charge is -2.10. The largest absolute Gasteiger partial charge is 0.464 e. The molecule has 0 amide bonds. The van der Waals surface area contributed by atoms with Gasteiger partial charge in [0.1, 0.15) is 6.54 Å². The van der Waals surface area contributed by atoms with Crippen LogP contribution in [0.25, 0.3) is 0 Å². The van der Waals surface area contributed by atoms with Crippen molar-refractivity contribution >= 4 is 11.7 Å². The van der Waals surface area contributed by atoms with Crippen molar-refractivity contribution in [3.8, 4) is 0 Å². The van der Waals surface area contributed by atoms with Crippen molar-refractivity contribution in [3.05, 3.63) is 28.7 Å². The Kier molecular flexibility index (Phi) is 3.99. The summed E-state index contributed by atoms with van der Waals surface area (Å²) in [5.41, 5.74) is 5.71. The second-order valence-electron chi connectivity index (χ2n) is 4.34. The number of nitrogens with two attached hydrogens (primary N) is 1. The molecule has 0 aliphatic carbocycles. The number of carbonyl (C=O) groups is 1. The predicted molar refractivity (Wildman–Crippen MR) is 65.0 cm³/mol. The monoisotopic (exact) mass is 252 g/mol. The Morgan fingerprint density at radius 3 is 3.11 bits per heavy atom. The van der Waals surface area contributed by atoms with Gasteiger partial charge in [0.2, 0.25) is 0 Å². The van der Waals surface area contributed by atoms with Gasteiger partial charge in [-0.1, -0.05) is 0 Å². The Morgan fingerprint density at radius 1 is 1.56 bits per heavy atom. The van der Waals surface area contributed by atoms with Gasteiger partial charge in [0.15, 0.2) is 0 Å². The van der Waals surface area contributed by atoms with Crippen LogP contribution in [-0.4, -0.2) is 30.4 Å². The topological polar surface area (TPSA) is 83.6 Å². The predicted octanol–water partition coefficient (Wildman–Crippen LogP) is 0.0102. The highest BCUT2D eigenvalue weighted by Gasteiger charge is 2.17. The molecule has 1 aliphatic heterocycles. The summed E-state index contributed by atoms with van der Waals surface area (Å²) in [5.74, 6) is -0.166. The normalized spacial score (nSPS) is 18.8. The number of nitrogens with zero attached hydrogens (tertiary/aromatic N) is 1. The molecule has 0 saturated carbocycles. The maximum atomic E-state index is 11.6. The lowest BCUT2D eigenvalue weighted by molar-refractivity contribution is -0.145. The van der Waals surface area contributed by atoms with Crippen molar-refractivity contribution in [1.29, 1.82) is 0 Å². The van der Waals surface area contributed by atoms with E-state index in [9.17, 15) is 9.59 Å². The van der Waals surface area contributed by atoms with Crippen LogP contribution in [0.15, 0.2) is 23.1 Å². The molecule has 1 aromatic rings. The van der Waals surface area contributed by atoms with E-state index in [1.807, 2.05) is 0 Å². The second kappa shape index (κ2) is 5.68. The first-order chi connectivity index (χ1) is 8.65. The molecule has 1 unspecified atom stereocenters. The van der Waals surface area contributed by atoms with Crippen LogP contribution >= 0.6 is 0 Å². The average Bonchev–Trinajstić information content (AvgIpc) is 2.84. The molecule has 0 bridgehead atoms. The smallest absolute Gasteiger partial charge is 0.326 e. The van der Waals surface area contributed by atoms with Gasteiger partial charge < -0.3 is 19.8 Å². The summed E-state index contributed by atoms with van der Waals surface area (Å²) < 4.78 is 11.5. The van der Waals surface area contributed by atoms with E-state index >= 15 is 0 Å². The van der Waals surface area contributed by atoms with Gasteiger partial charge in [0.25, 0.3) is 5.56 Å². The minimum absolute atomic E-state index is 0.114. The standard InChI is InChI=1S/C12H16N2O4/c13-10-1-2-11(15)14(5-10)6-12(16)18-8-9-3-4-17-7-9/h1-2,5,9H,3-4,6-8,13H2. The molecule has 1 aliphatic rings. The maximum Gasteiger partial charge on any atom is 0.326 e. The third-order valence-electron chi connectivity index (χ3n) is 2.81. The van der Waals surface area contributed by atoms with Crippen molar-refractivity contribution < 1.29 is 14.3 Å². The SMILES string of the molecule is Nc1ccc(=O)n(CC(=O)OCC2CCOC2)c1.